The normalized spacial score (nSPS) is 12.6. The molecule has 122 valence electrons. The molecule has 0 aliphatic heterocycles. The molecular formula is C23H17ClO. The maximum Gasteiger partial charge on any atom is 0.115 e. The van der Waals surface area contributed by atoms with E-state index < -0.39 is 0 Å². The molecular weight excluding hydrogens is 328 g/mol. The van der Waals surface area contributed by atoms with Crippen LogP contribution in [-0.4, -0.2) is 5.11 Å². The van der Waals surface area contributed by atoms with Crippen LogP contribution < -0.4 is 0 Å². The van der Waals surface area contributed by atoms with Gasteiger partial charge < -0.3 is 5.11 Å². The topological polar surface area (TPSA) is 20.2 Å². The average Bonchev–Trinajstić information content (AvgIpc) is 2.79. The summed E-state index contributed by atoms with van der Waals surface area (Å²) in [5, 5.41) is 10.3. The maximum absolute atomic E-state index is 9.45. The fourth-order valence-electron chi connectivity index (χ4n) is 3.32. The van der Waals surface area contributed by atoms with E-state index in [-0.39, 0.29) is 5.75 Å². The third kappa shape index (κ3) is 3.13. The molecule has 1 aliphatic rings. The minimum Gasteiger partial charge on any atom is -0.508 e. The van der Waals surface area contributed by atoms with Crippen molar-refractivity contribution in [2.75, 3.05) is 0 Å². The summed E-state index contributed by atoms with van der Waals surface area (Å²) in [5.41, 5.74) is 10.4. The Morgan fingerprint density at radius 2 is 1.60 bits per heavy atom. The van der Waals surface area contributed by atoms with Crippen molar-refractivity contribution in [3.05, 3.63) is 105 Å². The first-order valence-corrected chi connectivity index (χ1v) is 8.72. The van der Waals surface area contributed by atoms with Gasteiger partial charge in [0.1, 0.15) is 5.75 Å². The second-order valence-corrected chi connectivity index (χ2v) is 6.59. The van der Waals surface area contributed by atoms with Gasteiger partial charge in [-0.15, -0.1) is 5.73 Å². The van der Waals surface area contributed by atoms with E-state index >= 15 is 0 Å². The molecule has 1 aliphatic carbocycles. The summed E-state index contributed by atoms with van der Waals surface area (Å²) in [7, 11) is 0. The lowest BCUT2D eigenvalue weighted by atomic mass is 9.94. The van der Waals surface area contributed by atoms with E-state index in [1.807, 2.05) is 30.3 Å². The number of hydrogen-bond donors (Lipinski definition) is 1. The number of hydrogen-bond acceptors (Lipinski definition) is 1. The predicted octanol–water partition coefficient (Wildman–Crippen LogP) is 5.89. The maximum atomic E-state index is 9.45. The summed E-state index contributed by atoms with van der Waals surface area (Å²) in [4.78, 5) is 0. The second-order valence-electron chi connectivity index (χ2n) is 6.18. The Morgan fingerprint density at radius 3 is 2.44 bits per heavy atom. The van der Waals surface area contributed by atoms with Crippen LogP contribution in [0.2, 0.25) is 5.02 Å². The van der Waals surface area contributed by atoms with Gasteiger partial charge in [-0.2, -0.15) is 0 Å². The summed E-state index contributed by atoms with van der Waals surface area (Å²) >= 11 is 6.48. The van der Waals surface area contributed by atoms with E-state index in [9.17, 15) is 5.11 Å². The molecule has 0 fully saturated rings. The zero-order valence-electron chi connectivity index (χ0n) is 13.7. The Hall–Kier alpha value is -2.73. The average molecular weight is 345 g/mol. The summed E-state index contributed by atoms with van der Waals surface area (Å²) in [6, 6.07) is 21.7. The molecule has 0 amide bonds. The van der Waals surface area contributed by atoms with E-state index in [2.05, 4.69) is 36.1 Å². The fourth-order valence-corrected chi connectivity index (χ4v) is 3.58. The van der Waals surface area contributed by atoms with Crippen LogP contribution in [0.3, 0.4) is 0 Å². The molecule has 0 atom stereocenters. The van der Waals surface area contributed by atoms with E-state index in [4.69, 9.17) is 11.6 Å². The molecule has 3 aromatic rings. The molecule has 0 saturated heterocycles. The molecule has 0 bridgehead atoms. The Kier molecular flexibility index (Phi) is 4.19. The highest BCUT2D eigenvalue weighted by molar-refractivity contribution is 6.31. The van der Waals surface area contributed by atoms with Crippen molar-refractivity contribution in [1.82, 2.24) is 0 Å². The number of aryl methyl sites for hydroxylation is 1. The number of phenolic OH excluding ortho intramolecular Hbond substituents is 1. The molecule has 0 unspecified atom stereocenters. The summed E-state index contributed by atoms with van der Waals surface area (Å²) in [6.45, 7) is 0. The van der Waals surface area contributed by atoms with E-state index in [0.717, 1.165) is 34.6 Å². The molecule has 0 spiro atoms. The molecule has 2 heteroatoms. The molecule has 25 heavy (non-hydrogen) atoms. The second kappa shape index (κ2) is 6.64. The lowest BCUT2D eigenvalue weighted by Crippen LogP contribution is -1.92. The van der Waals surface area contributed by atoms with Crippen LogP contribution in [0.5, 0.6) is 5.75 Å². The van der Waals surface area contributed by atoms with Crippen molar-refractivity contribution >= 4 is 23.3 Å². The van der Waals surface area contributed by atoms with Gasteiger partial charge in [0.15, 0.2) is 0 Å². The highest BCUT2D eigenvalue weighted by atomic mass is 35.5. The number of benzene rings is 3. The van der Waals surface area contributed by atoms with Gasteiger partial charge >= 0.3 is 0 Å². The van der Waals surface area contributed by atoms with E-state index in [1.54, 1.807) is 12.1 Å². The Bertz CT molecular complexity index is 993. The number of halogens is 1. The molecule has 1 N–H and O–H groups in total. The third-order valence-corrected chi connectivity index (χ3v) is 4.95. The van der Waals surface area contributed by atoms with Crippen LogP contribution in [0, 0.1) is 0 Å². The Labute approximate surface area is 152 Å². The highest BCUT2D eigenvalue weighted by Crippen LogP contribution is 2.35. The van der Waals surface area contributed by atoms with Crippen molar-refractivity contribution in [2.24, 2.45) is 0 Å². The molecule has 1 nitrogen and oxygen atoms in total. The van der Waals surface area contributed by atoms with Crippen molar-refractivity contribution in [1.29, 1.82) is 0 Å². The van der Waals surface area contributed by atoms with Gasteiger partial charge in [-0.05, 0) is 64.9 Å². The van der Waals surface area contributed by atoms with Crippen molar-refractivity contribution in [2.45, 2.75) is 12.8 Å². The van der Waals surface area contributed by atoms with Crippen LogP contribution in [-0.2, 0) is 12.8 Å². The van der Waals surface area contributed by atoms with E-state index in [0.29, 0.717) is 0 Å². The standard InChI is InChI=1S/C23H17ClO/c24-23-7-3-6-20-21(14-10-16-8-12-18(25)13-9-16)19-5-2-1-4-17(19)11-15-22(20)23/h1-10,12-13,25H,11,15H2. The van der Waals surface area contributed by atoms with Gasteiger partial charge in [0.2, 0.25) is 0 Å². The molecule has 0 radical (unpaired) electrons. The van der Waals surface area contributed by atoms with Crippen LogP contribution in [0.25, 0.3) is 11.6 Å². The SMILES string of the molecule is Oc1ccc(C=C=C2c3ccccc3CCc3c(Cl)cccc32)cc1. The highest BCUT2D eigenvalue weighted by Gasteiger charge is 2.19. The first kappa shape index (κ1) is 15.8. The van der Waals surface area contributed by atoms with Gasteiger partial charge in [0.25, 0.3) is 0 Å². The lowest BCUT2D eigenvalue weighted by Gasteiger charge is -2.10. The Morgan fingerprint density at radius 1 is 0.840 bits per heavy atom. The monoisotopic (exact) mass is 344 g/mol. The number of rotatable bonds is 1. The summed E-state index contributed by atoms with van der Waals surface area (Å²) in [6.07, 6.45) is 3.86. The van der Waals surface area contributed by atoms with Gasteiger partial charge in [-0.25, -0.2) is 0 Å². The van der Waals surface area contributed by atoms with Crippen molar-refractivity contribution < 1.29 is 5.11 Å². The molecule has 0 heterocycles. The predicted molar refractivity (Wildman–Crippen MR) is 104 cm³/mol. The minimum absolute atomic E-state index is 0.266. The first-order chi connectivity index (χ1) is 12.2. The minimum atomic E-state index is 0.266. The first-order valence-electron chi connectivity index (χ1n) is 8.34. The molecule has 0 aromatic heterocycles. The van der Waals surface area contributed by atoms with Crippen molar-refractivity contribution in [3.63, 3.8) is 0 Å². The van der Waals surface area contributed by atoms with Crippen molar-refractivity contribution in [3.8, 4) is 5.75 Å². The molecule has 3 aromatic carbocycles. The van der Waals surface area contributed by atoms with Crippen LogP contribution in [0.4, 0.5) is 0 Å². The van der Waals surface area contributed by atoms with Gasteiger partial charge in [0.05, 0.1) is 0 Å². The summed E-state index contributed by atoms with van der Waals surface area (Å²) in [5.74, 6) is 0.266. The molecule has 4 rings (SSSR count). The van der Waals surface area contributed by atoms with Crippen LogP contribution in [0.1, 0.15) is 27.8 Å². The van der Waals surface area contributed by atoms with Gasteiger partial charge in [-0.1, -0.05) is 60.1 Å². The fraction of sp³-hybridized carbons (Fsp3) is 0.0870. The van der Waals surface area contributed by atoms with E-state index in [1.165, 1.54) is 16.7 Å². The van der Waals surface area contributed by atoms with Gasteiger partial charge in [0, 0.05) is 10.6 Å². The third-order valence-electron chi connectivity index (χ3n) is 4.60. The Balaban J connectivity index is 1.95. The quantitative estimate of drug-likeness (QED) is 0.546. The smallest absolute Gasteiger partial charge is 0.115 e. The summed E-state index contributed by atoms with van der Waals surface area (Å²) < 4.78 is 0. The zero-order valence-corrected chi connectivity index (χ0v) is 14.4. The molecule has 0 saturated carbocycles. The number of fused-ring (bicyclic) bond motifs is 2. The number of phenols is 1. The van der Waals surface area contributed by atoms with Crippen LogP contribution >= 0.6 is 11.6 Å². The van der Waals surface area contributed by atoms with Crippen LogP contribution in [0.15, 0.2) is 72.5 Å². The zero-order chi connectivity index (χ0) is 17.2. The largest absolute Gasteiger partial charge is 0.508 e. The lowest BCUT2D eigenvalue weighted by molar-refractivity contribution is 0.475. The number of aromatic hydroxyl groups is 1. The van der Waals surface area contributed by atoms with Gasteiger partial charge in [-0.3, -0.25) is 0 Å².